The first-order valence-corrected chi connectivity index (χ1v) is 5.70. The predicted molar refractivity (Wildman–Crippen MR) is 67.0 cm³/mol. The van der Waals surface area contributed by atoms with Crippen molar-refractivity contribution < 1.29 is 14.3 Å². The number of ether oxygens (including phenoxy) is 2. The topological polar surface area (TPSA) is 61.5 Å². The summed E-state index contributed by atoms with van der Waals surface area (Å²) in [6.45, 7) is 6.55. The first-order chi connectivity index (χ1) is 8.06. The molecule has 4 nitrogen and oxygen atoms in total. The van der Waals surface area contributed by atoms with Gasteiger partial charge in [-0.05, 0) is 32.4 Å². The van der Waals surface area contributed by atoms with E-state index >= 15 is 0 Å². The van der Waals surface area contributed by atoms with Crippen LogP contribution < -0.4 is 5.73 Å². The van der Waals surface area contributed by atoms with Gasteiger partial charge in [0.2, 0.25) is 0 Å². The average Bonchev–Trinajstić information content (AvgIpc) is 2.29. The van der Waals surface area contributed by atoms with Crippen LogP contribution in [-0.2, 0) is 9.47 Å². The molecular weight excluding hydrogens is 218 g/mol. The van der Waals surface area contributed by atoms with Gasteiger partial charge in [0.25, 0.3) is 0 Å². The van der Waals surface area contributed by atoms with E-state index in [9.17, 15) is 4.79 Å². The van der Waals surface area contributed by atoms with Gasteiger partial charge in [-0.2, -0.15) is 0 Å². The summed E-state index contributed by atoms with van der Waals surface area (Å²) >= 11 is 0. The third-order valence-corrected chi connectivity index (χ3v) is 2.41. The number of aryl methyl sites for hydroxylation is 1. The molecule has 1 rings (SSSR count). The van der Waals surface area contributed by atoms with E-state index in [2.05, 4.69) is 0 Å². The summed E-state index contributed by atoms with van der Waals surface area (Å²) in [6.07, 6.45) is -0.276. The number of esters is 1. The van der Waals surface area contributed by atoms with Gasteiger partial charge in [0.05, 0.1) is 12.2 Å². The molecule has 0 radical (unpaired) electrons. The second kappa shape index (κ2) is 6.25. The fourth-order valence-electron chi connectivity index (χ4n) is 1.42. The van der Waals surface area contributed by atoms with Crippen LogP contribution in [0.15, 0.2) is 18.2 Å². The number of nitrogens with two attached hydrogens (primary N) is 1. The molecule has 0 aliphatic carbocycles. The van der Waals surface area contributed by atoms with Crippen LogP contribution in [0.5, 0.6) is 0 Å². The van der Waals surface area contributed by atoms with Crippen molar-refractivity contribution in [2.45, 2.75) is 26.9 Å². The van der Waals surface area contributed by atoms with Crippen molar-refractivity contribution in [2.75, 3.05) is 18.9 Å². The van der Waals surface area contributed by atoms with Gasteiger partial charge in [-0.3, -0.25) is 0 Å². The van der Waals surface area contributed by atoms with E-state index in [1.54, 1.807) is 19.1 Å². The van der Waals surface area contributed by atoms with Gasteiger partial charge in [-0.25, -0.2) is 4.79 Å². The SMILES string of the molecule is CCOCC(C)OC(=O)c1cccc(C)c1N. The summed E-state index contributed by atoms with van der Waals surface area (Å²) in [5.74, 6) is -0.404. The number of para-hydroxylation sites is 1. The highest BCUT2D eigenvalue weighted by Crippen LogP contribution is 2.17. The molecule has 17 heavy (non-hydrogen) atoms. The third kappa shape index (κ3) is 3.75. The second-order valence-corrected chi connectivity index (χ2v) is 3.91. The zero-order valence-electron chi connectivity index (χ0n) is 10.5. The van der Waals surface area contributed by atoms with E-state index in [1.165, 1.54) is 0 Å². The third-order valence-electron chi connectivity index (χ3n) is 2.41. The summed E-state index contributed by atoms with van der Waals surface area (Å²) in [4.78, 5) is 11.8. The first kappa shape index (κ1) is 13.5. The maximum atomic E-state index is 11.8. The van der Waals surface area contributed by atoms with Crippen molar-refractivity contribution in [3.8, 4) is 0 Å². The van der Waals surface area contributed by atoms with Gasteiger partial charge in [0, 0.05) is 12.3 Å². The Labute approximate surface area is 102 Å². The summed E-state index contributed by atoms with van der Waals surface area (Å²) in [5, 5.41) is 0. The van der Waals surface area contributed by atoms with E-state index in [0.717, 1.165) is 5.56 Å². The van der Waals surface area contributed by atoms with Crippen LogP contribution in [-0.4, -0.2) is 25.3 Å². The lowest BCUT2D eigenvalue weighted by Crippen LogP contribution is -2.21. The standard InChI is InChI=1S/C13H19NO3/c1-4-16-8-10(3)17-13(15)11-7-5-6-9(2)12(11)14/h5-7,10H,4,8,14H2,1-3H3. The van der Waals surface area contributed by atoms with Gasteiger partial charge >= 0.3 is 5.97 Å². The number of rotatable bonds is 5. The Balaban J connectivity index is 2.67. The van der Waals surface area contributed by atoms with Crippen molar-refractivity contribution in [1.29, 1.82) is 0 Å². The molecule has 0 aromatic heterocycles. The minimum atomic E-state index is -0.404. The van der Waals surface area contributed by atoms with E-state index in [-0.39, 0.29) is 6.10 Å². The lowest BCUT2D eigenvalue weighted by molar-refractivity contribution is 0.00449. The Bertz CT molecular complexity index is 390. The first-order valence-electron chi connectivity index (χ1n) is 5.70. The van der Waals surface area contributed by atoms with Crippen molar-refractivity contribution >= 4 is 11.7 Å². The molecule has 0 saturated carbocycles. The molecule has 0 bridgehead atoms. The molecule has 1 aromatic carbocycles. The number of benzene rings is 1. The number of anilines is 1. The largest absolute Gasteiger partial charge is 0.457 e. The fourth-order valence-corrected chi connectivity index (χ4v) is 1.42. The lowest BCUT2D eigenvalue weighted by atomic mass is 10.1. The molecule has 0 spiro atoms. The molecule has 0 fully saturated rings. The zero-order chi connectivity index (χ0) is 12.8. The van der Waals surface area contributed by atoms with Crippen LogP contribution in [0.3, 0.4) is 0 Å². The molecule has 0 amide bonds. The van der Waals surface area contributed by atoms with Crippen LogP contribution in [0.1, 0.15) is 29.8 Å². The second-order valence-electron chi connectivity index (χ2n) is 3.91. The minimum absolute atomic E-state index is 0.276. The number of carbonyl (C=O) groups is 1. The van der Waals surface area contributed by atoms with Crippen molar-refractivity contribution in [2.24, 2.45) is 0 Å². The molecule has 0 heterocycles. The Morgan fingerprint density at radius 2 is 2.18 bits per heavy atom. The Morgan fingerprint density at radius 3 is 2.82 bits per heavy atom. The van der Waals surface area contributed by atoms with Crippen molar-refractivity contribution in [1.82, 2.24) is 0 Å². The van der Waals surface area contributed by atoms with Crippen molar-refractivity contribution in [3.05, 3.63) is 29.3 Å². The minimum Gasteiger partial charge on any atom is -0.457 e. The monoisotopic (exact) mass is 237 g/mol. The van der Waals surface area contributed by atoms with E-state index < -0.39 is 5.97 Å². The molecule has 2 N–H and O–H groups in total. The van der Waals surface area contributed by atoms with Gasteiger partial charge in [0.1, 0.15) is 6.10 Å². The Morgan fingerprint density at radius 1 is 1.47 bits per heavy atom. The summed E-state index contributed by atoms with van der Waals surface area (Å²) in [5.41, 5.74) is 7.58. The zero-order valence-corrected chi connectivity index (χ0v) is 10.5. The predicted octanol–water partition coefficient (Wildman–Crippen LogP) is 2.16. The van der Waals surface area contributed by atoms with Crippen LogP contribution in [0.25, 0.3) is 0 Å². The Hall–Kier alpha value is -1.55. The molecule has 1 aromatic rings. The van der Waals surface area contributed by atoms with Crippen molar-refractivity contribution in [3.63, 3.8) is 0 Å². The molecule has 1 unspecified atom stereocenters. The van der Waals surface area contributed by atoms with Crippen LogP contribution in [0.4, 0.5) is 5.69 Å². The smallest absolute Gasteiger partial charge is 0.340 e. The van der Waals surface area contributed by atoms with Gasteiger partial charge in [0.15, 0.2) is 0 Å². The molecule has 1 atom stereocenters. The molecule has 4 heteroatoms. The number of hydrogen-bond acceptors (Lipinski definition) is 4. The maximum absolute atomic E-state index is 11.8. The highest BCUT2D eigenvalue weighted by molar-refractivity contribution is 5.95. The molecule has 0 saturated heterocycles. The summed E-state index contributed by atoms with van der Waals surface area (Å²) in [6, 6.07) is 5.31. The lowest BCUT2D eigenvalue weighted by Gasteiger charge is -2.14. The highest BCUT2D eigenvalue weighted by atomic mass is 16.6. The van der Waals surface area contributed by atoms with Gasteiger partial charge in [-0.15, -0.1) is 0 Å². The van der Waals surface area contributed by atoms with Crippen LogP contribution in [0, 0.1) is 6.92 Å². The maximum Gasteiger partial charge on any atom is 0.340 e. The summed E-state index contributed by atoms with van der Waals surface area (Å²) in [7, 11) is 0. The Kier molecular flexibility index (Phi) is 4.97. The molecule has 0 aliphatic rings. The van der Waals surface area contributed by atoms with Crippen LogP contribution in [0.2, 0.25) is 0 Å². The van der Waals surface area contributed by atoms with E-state index in [4.69, 9.17) is 15.2 Å². The van der Waals surface area contributed by atoms with Crippen LogP contribution >= 0.6 is 0 Å². The van der Waals surface area contributed by atoms with E-state index in [0.29, 0.717) is 24.5 Å². The van der Waals surface area contributed by atoms with E-state index in [1.807, 2.05) is 19.9 Å². The molecule has 94 valence electrons. The normalized spacial score (nSPS) is 12.2. The highest BCUT2D eigenvalue weighted by Gasteiger charge is 2.15. The van der Waals surface area contributed by atoms with Gasteiger partial charge < -0.3 is 15.2 Å². The fraction of sp³-hybridized carbons (Fsp3) is 0.462. The number of hydrogen-bond donors (Lipinski definition) is 1. The number of nitrogen functional groups attached to an aromatic ring is 1. The average molecular weight is 237 g/mol. The molecular formula is C13H19NO3. The number of carbonyl (C=O) groups excluding carboxylic acids is 1. The summed E-state index contributed by atoms with van der Waals surface area (Å²) < 4.78 is 10.4. The van der Waals surface area contributed by atoms with Gasteiger partial charge in [-0.1, -0.05) is 12.1 Å². The quantitative estimate of drug-likeness (QED) is 0.629. The molecule has 0 aliphatic heterocycles.